The quantitative estimate of drug-likeness (QED) is 0.511. The van der Waals surface area contributed by atoms with Gasteiger partial charge in [0, 0.05) is 0 Å². The van der Waals surface area contributed by atoms with Gasteiger partial charge in [0.15, 0.2) is 0 Å². The van der Waals surface area contributed by atoms with E-state index < -0.39 is 0 Å². The van der Waals surface area contributed by atoms with Crippen molar-refractivity contribution >= 4 is 46.3 Å². The third kappa shape index (κ3) is 1.85. The van der Waals surface area contributed by atoms with Crippen LogP contribution in [0.25, 0.3) is 0 Å². The van der Waals surface area contributed by atoms with Gasteiger partial charge in [-0.3, -0.25) is 0 Å². The van der Waals surface area contributed by atoms with Gasteiger partial charge >= 0.3 is 0 Å². The number of hydrogen-bond acceptors (Lipinski definition) is 2. The van der Waals surface area contributed by atoms with Crippen molar-refractivity contribution in [1.29, 1.82) is 0 Å². The van der Waals surface area contributed by atoms with Gasteiger partial charge in [-0.25, -0.2) is 0 Å². The van der Waals surface area contributed by atoms with Gasteiger partial charge in [0.25, 0.3) is 0 Å². The van der Waals surface area contributed by atoms with Crippen molar-refractivity contribution < 1.29 is 0 Å². The molecule has 1 rings (SSSR count). The Kier molecular flexibility index (Phi) is 3.24. The highest BCUT2D eigenvalue weighted by Crippen LogP contribution is 2.34. The lowest BCUT2D eigenvalue weighted by molar-refractivity contribution is 1.43. The molecule has 1 aromatic rings. The number of rotatable bonds is 1. The van der Waals surface area contributed by atoms with E-state index in [2.05, 4.69) is 22.4 Å². The third-order valence-electron chi connectivity index (χ3n) is 1.42. The largest absolute Gasteiger partial charge is 0.192 e. The predicted molar refractivity (Wildman–Crippen MR) is 55.9 cm³/mol. The molecule has 0 aliphatic heterocycles. The summed E-state index contributed by atoms with van der Waals surface area (Å²) in [5, 5.41) is 3.25. The highest BCUT2D eigenvalue weighted by molar-refractivity contribution is 7.78. The molecule has 0 aromatic heterocycles. The van der Waals surface area contributed by atoms with Crippen LogP contribution < -0.4 is 0 Å². The smallest absolute Gasteiger partial charge is 0.111 e. The maximum absolute atomic E-state index is 5.91. The van der Waals surface area contributed by atoms with Crippen molar-refractivity contribution in [3.8, 4) is 0 Å². The van der Waals surface area contributed by atoms with Gasteiger partial charge in [-0.05, 0) is 30.8 Å². The molecule has 62 valence electrons. The molecule has 0 aliphatic rings. The minimum atomic E-state index is 0.489. The van der Waals surface area contributed by atoms with Crippen LogP contribution in [-0.2, 0) is 0 Å². The molecular formula is C8H5Cl2NS. The molecule has 0 amide bonds. The van der Waals surface area contributed by atoms with E-state index >= 15 is 0 Å². The lowest BCUT2D eigenvalue weighted by Gasteiger charge is -2.01. The lowest BCUT2D eigenvalue weighted by Crippen LogP contribution is -1.76. The van der Waals surface area contributed by atoms with Gasteiger partial charge in [-0.1, -0.05) is 29.3 Å². The maximum Gasteiger partial charge on any atom is 0.111 e. The van der Waals surface area contributed by atoms with E-state index in [0.717, 1.165) is 5.56 Å². The van der Waals surface area contributed by atoms with Gasteiger partial charge < -0.3 is 0 Å². The monoisotopic (exact) mass is 217 g/mol. The molecule has 1 nitrogen and oxygen atoms in total. The first-order chi connectivity index (χ1) is 5.66. The first kappa shape index (κ1) is 9.69. The minimum Gasteiger partial charge on any atom is -0.192 e. The van der Waals surface area contributed by atoms with Crippen LogP contribution in [0.5, 0.6) is 0 Å². The van der Waals surface area contributed by atoms with Crippen molar-refractivity contribution in [2.45, 2.75) is 6.92 Å². The normalized spacial score (nSPS) is 9.25. The zero-order chi connectivity index (χ0) is 9.14. The van der Waals surface area contributed by atoms with Crippen LogP contribution in [0.3, 0.4) is 0 Å². The Morgan fingerprint density at radius 2 is 2.08 bits per heavy atom. The highest BCUT2D eigenvalue weighted by atomic mass is 35.5. The molecule has 0 radical (unpaired) electrons. The van der Waals surface area contributed by atoms with Crippen LogP contribution in [-0.4, -0.2) is 5.16 Å². The van der Waals surface area contributed by atoms with Crippen LogP contribution in [0.15, 0.2) is 17.1 Å². The molecule has 0 atom stereocenters. The summed E-state index contributed by atoms with van der Waals surface area (Å²) in [6.45, 7) is 1.88. The van der Waals surface area contributed by atoms with E-state index in [-0.39, 0.29) is 0 Å². The second-order valence-corrected chi connectivity index (χ2v) is 3.20. The number of halogens is 2. The maximum atomic E-state index is 5.91. The van der Waals surface area contributed by atoms with E-state index in [1.165, 1.54) is 0 Å². The SMILES string of the molecule is Cc1ccc(Cl)c(N=C=S)c1Cl. The van der Waals surface area contributed by atoms with Crippen LogP contribution in [0.1, 0.15) is 5.56 Å². The summed E-state index contributed by atoms with van der Waals surface area (Å²) in [7, 11) is 0. The molecular weight excluding hydrogens is 213 g/mol. The number of thiocarbonyl (C=S) groups is 1. The van der Waals surface area contributed by atoms with Crippen molar-refractivity contribution in [1.82, 2.24) is 0 Å². The molecule has 0 heterocycles. The summed E-state index contributed by atoms with van der Waals surface area (Å²) >= 11 is 16.2. The fourth-order valence-electron chi connectivity index (χ4n) is 0.790. The fourth-order valence-corrected chi connectivity index (χ4v) is 1.34. The topological polar surface area (TPSA) is 12.4 Å². The summed E-state index contributed by atoms with van der Waals surface area (Å²) in [4.78, 5) is 3.77. The van der Waals surface area contributed by atoms with Gasteiger partial charge in [0.1, 0.15) is 5.69 Å². The second kappa shape index (κ2) is 4.01. The number of isothiocyanates is 1. The zero-order valence-electron chi connectivity index (χ0n) is 6.27. The number of hydrogen-bond donors (Lipinski definition) is 0. The van der Waals surface area contributed by atoms with Crippen LogP contribution in [0, 0.1) is 6.92 Å². The minimum absolute atomic E-state index is 0.489. The van der Waals surface area contributed by atoms with Gasteiger partial charge in [-0.2, -0.15) is 4.99 Å². The summed E-state index contributed by atoms with van der Waals surface area (Å²) in [5.41, 5.74) is 1.42. The first-order valence-electron chi connectivity index (χ1n) is 3.19. The molecule has 0 unspecified atom stereocenters. The van der Waals surface area contributed by atoms with E-state index in [1.54, 1.807) is 6.07 Å². The third-order valence-corrected chi connectivity index (χ3v) is 2.29. The lowest BCUT2D eigenvalue weighted by atomic mass is 10.2. The standard InChI is InChI=1S/C8H5Cl2NS/c1-5-2-3-6(9)8(7(5)10)11-4-12/h2-3H,1H3. The molecule has 0 saturated carbocycles. The zero-order valence-corrected chi connectivity index (χ0v) is 8.59. The molecule has 0 N–H and O–H groups in total. The number of aryl methyl sites for hydroxylation is 1. The Labute approximate surface area is 86.0 Å². The van der Waals surface area contributed by atoms with Gasteiger partial charge in [-0.15, -0.1) is 0 Å². The fraction of sp³-hybridized carbons (Fsp3) is 0.125. The Bertz CT molecular complexity index is 356. The van der Waals surface area contributed by atoms with Crippen molar-refractivity contribution in [2.24, 2.45) is 4.99 Å². The molecule has 0 spiro atoms. The molecule has 12 heavy (non-hydrogen) atoms. The average molecular weight is 218 g/mol. The molecule has 0 bridgehead atoms. The predicted octanol–water partition coefficient (Wildman–Crippen LogP) is 4.04. The molecule has 1 aromatic carbocycles. The molecule has 0 saturated heterocycles. The number of benzene rings is 1. The Morgan fingerprint density at radius 1 is 1.42 bits per heavy atom. The van der Waals surface area contributed by atoms with E-state index in [4.69, 9.17) is 23.2 Å². The van der Waals surface area contributed by atoms with Crippen molar-refractivity contribution in [3.05, 3.63) is 27.7 Å². The average Bonchev–Trinajstić information content (AvgIpc) is 2.06. The van der Waals surface area contributed by atoms with Crippen LogP contribution in [0.2, 0.25) is 10.0 Å². The van der Waals surface area contributed by atoms with Gasteiger partial charge in [0.2, 0.25) is 0 Å². The Morgan fingerprint density at radius 3 is 2.67 bits per heavy atom. The van der Waals surface area contributed by atoms with E-state index in [1.807, 2.05) is 13.0 Å². The van der Waals surface area contributed by atoms with Crippen LogP contribution in [0.4, 0.5) is 5.69 Å². The molecule has 4 heteroatoms. The van der Waals surface area contributed by atoms with E-state index in [0.29, 0.717) is 15.7 Å². The first-order valence-corrected chi connectivity index (χ1v) is 4.35. The van der Waals surface area contributed by atoms with Gasteiger partial charge in [0.05, 0.1) is 15.2 Å². The molecule has 0 fully saturated rings. The van der Waals surface area contributed by atoms with Crippen LogP contribution >= 0.6 is 35.4 Å². The Hall–Kier alpha value is -0.400. The van der Waals surface area contributed by atoms with Crippen molar-refractivity contribution in [2.75, 3.05) is 0 Å². The number of nitrogens with zero attached hydrogens (tertiary/aromatic N) is 1. The van der Waals surface area contributed by atoms with Crippen molar-refractivity contribution in [3.63, 3.8) is 0 Å². The summed E-state index contributed by atoms with van der Waals surface area (Å²) < 4.78 is 0. The summed E-state index contributed by atoms with van der Waals surface area (Å²) in [6.07, 6.45) is 0. The number of aliphatic imine (C=N–C) groups is 1. The highest BCUT2D eigenvalue weighted by Gasteiger charge is 2.05. The second-order valence-electron chi connectivity index (χ2n) is 2.23. The molecule has 0 aliphatic carbocycles. The summed E-state index contributed by atoms with van der Waals surface area (Å²) in [6, 6.07) is 3.56. The summed E-state index contributed by atoms with van der Waals surface area (Å²) in [5.74, 6) is 0. The van der Waals surface area contributed by atoms with E-state index in [9.17, 15) is 0 Å². The Balaban J connectivity index is 3.42.